The van der Waals surface area contributed by atoms with Crippen molar-refractivity contribution in [3.63, 3.8) is 0 Å². The van der Waals surface area contributed by atoms with E-state index in [1.165, 1.54) is 11.3 Å². The van der Waals surface area contributed by atoms with Gasteiger partial charge in [0.2, 0.25) is 0 Å². The van der Waals surface area contributed by atoms with Crippen LogP contribution in [0.3, 0.4) is 0 Å². The maximum atomic E-state index is 11.5. The molecule has 1 aromatic rings. The van der Waals surface area contributed by atoms with Gasteiger partial charge < -0.3 is 10.5 Å². The fourth-order valence-electron chi connectivity index (χ4n) is 0.950. The molecular formula is C10H15NO2S. The van der Waals surface area contributed by atoms with Crippen molar-refractivity contribution in [3.8, 4) is 0 Å². The lowest BCUT2D eigenvalue weighted by Crippen LogP contribution is -2.31. The lowest BCUT2D eigenvalue weighted by Gasteiger charge is -2.21. The van der Waals surface area contributed by atoms with Gasteiger partial charge in [-0.25, -0.2) is 4.79 Å². The third-order valence-electron chi connectivity index (χ3n) is 1.51. The van der Waals surface area contributed by atoms with Gasteiger partial charge in [0.15, 0.2) is 0 Å². The summed E-state index contributed by atoms with van der Waals surface area (Å²) in [7, 11) is 0. The van der Waals surface area contributed by atoms with Crippen molar-refractivity contribution in [2.45, 2.75) is 32.4 Å². The average Bonchev–Trinajstić information content (AvgIpc) is 2.51. The van der Waals surface area contributed by atoms with Crippen molar-refractivity contribution in [2.75, 3.05) is 0 Å². The van der Waals surface area contributed by atoms with Gasteiger partial charge in [-0.05, 0) is 32.2 Å². The molecule has 0 aliphatic carbocycles. The highest BCUT2D eigenvalue weighted by Gasteiger charge is 2.23. The molecule has 3 nitrogen and oxygen atoms in total. The molecule has 1 atom stereocenters. The Bertz CT molecular complexity index is 300. The maximum Gasteiger partial charge on any atom is 0.328 e. The predicted octanol–water partition coefficient (Wildman–Crippen LogP) is 2.09. The Balaban J connectivity index is 2.63. The lowest BCUT2D eigenvalue weighted by atomic mass is 10.2. The van der Waals surface area contributed by atoms with Crippen molar-refractivity contribution >= 4 is 17.3 Å². The molecule has 0 bridgehead atoms. The van der Waals surface area contributed by atoms with Crippen LogP contribution >= 0.6 is 11.3 Å². The van der Waals surface area contributed by atoms with E-state index >= 15 is 0 Å². The van der Waals surface area contributed by atoms with Crippen LogP contribution in [0.25, 0.3) is 0 Å². The van der Waals surface area contributed by atoms with Crippen LogP contribution in [-0.4, -0.2) is 11.6 Å². The number of nitrogens with two attached hydrogens (primary N) is 1. The smallest absolute Gasteiger partial charge is 0.328 e. The van der Waals surface area contributed by atoms with Crippen LogP contribution in [0, 0.1) is 0 Å². The third kappa shape index (κ3) is 3.12. The molecule has 0 aromatic carbocycles. The molecule has 0 radical (unpaired) electrons. The van der Waals surface area contributed by atoms with E-state index in [-0.39, 0.29) is 5.97 Å². The minimum absolute atomic E-state index is 0.375. The summed E-state index contributed by atoms with van der Waals surface area (Å²) in [5.41, 5.74) is 5.25. The van der Waals surface area contributed by atoms with Crippen molar-refractivity contribution in [3.05, 3.63) is 22.4 Å². The van der Waals surface area contributed by atoms with Gasteiger partial charge in [0.25, 0.3) is 0 Å². The van der Waals surface area contributed by atoms with Crippen LogP contribution in [0.15, 0.2) is 17.5 Å². The Kier molecular flexibility index (Phi) is 3.29. The first kappa shape index (κ1) is 11.2. The zero-order chi connectivity index (χ0) is 10.8. The predicted molar refractivity (Wildman–Crippen MR) is 57.1 cm³/mol. The molecule has 0 aliphatic heterocycles. The van der Waals surface area contributed by atoms with Crippen LogP contribution in [0.1, 0.15) is 31.7 Å². The van der Waals surface area contributed by atoms with Crippen molar-refractivity contribution in [1.82, 2.24) is 0 Å². The van der Waals surface area contributed by atoms with Gasteiger partial charge in [-0.1, -0.05) is 6.07 Å². The van der Waals surface area contributed by atoms with Gasteiger partial charge in [-0.2, -0.15) is 0 Å². The second-order valence-corrected chi connectivity index (χ2v) is 5.01. The summed E-state index contributed by atoms with van der Waals surface area (Å²) < 4.78 is 5.17. The lowest BCUT2D eigenvalue weighted by molar-refractivity contribution is -0.156. The summed E-state index contributed by atoms with van der Waals surface area (Å²) in [4.78, 5) is 12.3. The monoisotopic (exact) mass is 213 g/mol. The molecule has 78 valence electrons. The molecule has 0 spiro atoms. The van der Waals surface area contributed by atoms with E-state index in [9.17, 15) is 4.79 Å². The number of hydrogen-bond donors (Lipinski definition) is 1. The molecule has 1 heterocycles. The molecule has 0 amide bonds. The average molecular weight is 213 g/mol. The highest BCUT2D eigenvalue weighted by Crippen LogP contribution is 2.20. The Morgan fingerprint density at radius 3 is 2.64 bits per heavy atom. The first-order valence-corrected chi connectivity index (χ1v) is 5.30. The Morgan fingerprint density at radius 2 is 2.21 bits per heavy atom. The summed E-state index contributed by atoms with van der Waals surface area (Å²) in [6.45, 7) is 5.48. The van der Waals surface area contributed by atoms with E-state index in [4.69, 9.17) is 10.5 Å². The number of hydrogen-bond acceptors (Lipinski definition) is 4. The summed E-state index contributed by atoms with van der Waals surface area (Å²) >= 11 is 1.46. The minimum atomic E-state index is -0.658. The van der Waals surface area contributed by atoms with Gasteiger partial charge in [0.1, 0.15) is 11.6 Å². The summed E-state index contributed by atoms with van der Waals surface area (Å²) in [5, 5.41) is 1.89. The van der Waals surface area contributed by atoms with Crippen molar-refractivity contribution in [1.29, 1.82) is 0 Å². The number of ether oxygens (including phenoxy) is 1. The Labute approximate surface area is 87.9 Å². The summed E-state index contributed by atoms with van der Waals surface area (Å²) in [5.74, 6) is -0.375. The third-order valence-corrected chi connectivity index (χ3v) is 2.47. The first-order chi connectivity index (χ1) is 6.40. The molecule has 14 heavy (non-hydrogen) atoms. The van der Waals surface area contributed by atoms with Crippen molar-refractivity contribution < 1.29 is 9.53 Å². The molecular weight excluding hydrogens is 198 g/mol. The molecule has 1 rings (SSSR count). The number of carbonyl (C=O) groups excluding carboxylic acids is 1. The first-order valence-electron chi connectivity index (χ1n) is 4.42. The summed E-state index contributed by atoms with van der Waals surface area (Å²) in [6, 6.07) is 3.04. The van der Waals surface area contributed by atoms with Gasteiger partial charge in [-0.15, -0.1) is 11.3 Å². The molecule has 0 saturated carbocycles. The van der Waals surface area contributed by atoms with Gasteiger partial charge in [0.05, 0.1) is 0 Å². The van der Waals surface area contributed by atoms with E-state index in [0.717, 1.165) is 4.88 Å². The molecule has 0 aliphatic rings. The molecule has 0 fully saturated rings. The van der Waals surface area contributed by atoms with E-state index in [1.807, 2.05) is 38.3 Å². The van der Waals surface area contributed by atoms with Gasteiger partial charge >= 0.3 is 5.97 Å². The van der Waals surface area contributed by atoms with Crippen LogP contribution in [0.4, 0.5) is 0 Å². The number of rotatable bonds is 2. The van der Waals surface area contributed by atoms with Crippen LogP contribution in [0.5, 0.6) is 0 Å². The minimum Gasteiger partial charge on any atom is -0.459 e. The SMILES string of the molecule is CC(C)(C)OC(=O)C(N)c1cccs1. The number of esters is 1. The highest BCUT2D eigenvalue weighted by molar-refractivity contribution is 7.10. The van der Waals surface area contributed by atoms with Crippen LogP contribution in [-0.2, 0) is 9.53 Å². The van der Waals surface area contributed by atoms with Gasteiger partial charge in [0, 0.05) is 4.88 Å². The molecule has 2 N–H and O–H groups in total. The molecule has 1 aromatic heterocycles. The fraction of sp³-hybridized carbons (Fsp3) is 0.500. The van der Waals surface area contributed by atoms with E-state index < -0.39 is 11.6 Å². The zero-order valence-corrected chi connectivity index (χ0v) is 9.43. The number of thiophene rings is 1. The fourth-order valence-corrected chi connectivity index (χ4v) is 1.66. The largest absolute Gasteiger partial charge is 0.459 e. The Hall–Kier alpha value is -0.870. The topological polar surface area (TPSA) is 52.3 Å². The molecule has 0 saturated heterocycles. The summed E-state index contributed by atoms with van der Waals surface area (Å²) in [6.07, 6.45) is 0. The van der Waals surface area contributed by atoms with Crippen LogP contribution in [0.2, 0.25) is 0 Å². The maximum absolute atomic E-state index is 11.5. The molecule has 4 heteroatoms. The number of carbonyl (C=O) groups is 1. The normalized spacial score (nSPS) is 13.7. The van der Waals surface area contributed by atoms with E-state index in [0.29, 0.717) is 0 Å². The van der Waals surface area contributed by atoms with E-state index in [1.54, 1.807) is 0 Å². The zero-order valence-electron chi connectivity index (χ0n) is 8.61. The quantitative estimate of drug-likeness (QED) is 0.765. The van der Waals surface area contributed by atoms with Crippen LogP contribution < -0.4 is 5.73 Å². The second-order valence-electron chi connectivity index (χ2n) is 4.03. The highest BCUT2D eigenvalue weighted by atomic mass is 32.1. The Morgan fingerprint density at radius 1 is 1.57 bits per heavy atom. The standard InChI is InChI=1S/C10H15NO2S/c1-10(2,3)13-9(12)8(11)7-5-4-6-14-7/h4-6,8H,11H2,1-3H3. The molecule has 1 unspecified atom stereocenters. The van der Waals surface area contributed by atoms with Crippen molar-refractivity contribution in [2.24, 2.45) is 5.73 Å². The van der Waals surface area contributed by atoms with E-state index in [2.05, 4.69) is 0 Å². The second kappa shape index (κ2) is 4.11. The van der Waals surface area contributed by atoms with Gasteiger partial charge in [-0.3, -0.25) is 0 Å².